The lowest BCUT2D eigenvalue weighted by molar-refractivity contribution is -0.119. The van der Waals surface area contributed by atoms with Crippen LogP contribution < -0.4 is 10.1 Å². The molecule has 1 atom stereocenters. The van der Waals surface area contributed by atoms with Gasteiger partial charge in [-0.3, -0.25) is 4.79 Å². The molecule has 0 radical (unpaired) electrons. The number of hydrogen-bond donors (Lipinski definition) is 2. The normalized spacial score (nSPS) is 12.2. The molecular formula is C16H20N2O2. The summed E-state index contributed by atoms with van der Waals surface area (Å²) in [6, 6.07) is 5.92. The van der Waals surface area contributed by atoms with Gasteiger partial charge in [-0.1, -0.05) is 12.7 Å². The minimum absolute atomic E-state index is 0.0357. The van der Waals surface area contributed by atoms with Crippen LogP contribution in [0.3, 0.4) is 0 Å². The van der Waals surface area contributed by atoms with E-state index in [1.807, 2.05) is 32.0 Å². The van der Waals surface area contributed by atoms with E-state index in [9.17, 15) is 4.79 Å². The second-order valence-electron chi connectivity index (χ2n) is 4.90. The number of nitrogens with one attached hydrogen (secondary N) is 2. The molecule has 1 amide bonds. The van der Waals surface area contributed by atoms with Gasteiger partial charge in [0, 0.05) is 30.1 Å². The van der Waals surface area contributed by atoms with Gasteiger partial charge in [-0.15, -0.1) is 0 Å². The lowest BCUT2D eigenvalue weighted by atomic mass is 10.1. The summed E-state index contributed by atoms with van der Waals surface area (Å²) in [5.41, 5.74) is 3.19. The lowest BCUT2D eigenvalue weighted by Crippen LogP contribution is -2.19. The zero-order valence-electron chi connectivity index (χ0n) is 12.1. The Morgan fingerprint density at radius 3 is 2.95 bits per heavy atom. The molecule has 0 aliphatic heterocycles. The van der Waals surface area contributed by atoms with Gasteiger partial charge in [0.25, 0.3) is 0 Å². The molecule has 1 heterocycles. The van der Waals surface area contributed by atoms with Crippen LogP contribution in [0.25, 0.3) is 10.9 Å². The van der Waals surface area contributed by atoms with Gasteiger partial charge in [-0.25, -0.2) is 0 Å². The van der Waals surface area contributed by atoms with Crippen LogP contribution in [0, 0.1) is 6.92 Å². The zero-order chi connectivity index (χ0) is 14.7. The van der Waals surface area contributed by atoms with Crippen molar-refractivity contribution in [2.45, 2.75) is 33.4 Å². The van der Waals surface area contributed by atoms with Crippen molar-refractivity contribution < 1.29 is 9.53 Å². The Hall–Kier alpha value is -2.23. The maximum Gasteiger partial charge on any atom is 0.217 e. The molecule has 1 unspecified atom stereocenters. The van der Waals surface area contributed by atoms with Gasteiger partial charge >= 0.3 is 0 Å². The molecule has 2 aromatic rings. The monoisotopic (exact) mass is 272 g/mol. The number of rotatable bonds is 5. The fourth-order valence-electron chi connectivity index (χ4n) is 2.14. The fraction of sp³-hybridized carbons (Fsp3) is 0.312. The molecule has 0 bridgehead atoms. The van der Waals surface area contributed by atoms with E-state index < -0.39 is 0 Å². The third-order valence-corrected chi connectivity index (χ3v) is 3.26. The van der Waals surface area contributed by atoms with Crippen LogP contribution in [-0.2, 0) is 11.3 Å². The van der Waals surface area contributed by atoms with Crippen molar-refractivity contribution in [3.05, 3.63) is 42.1 Å². The highest BCUT2D eigenvalue weighted by molar-refractivity contribution is 5.86. The summed E-state index contributed by atoms with van der Waals surface area (Å²) < 4.78 is 5.74. The van der Waals surface area contributed by atoms with Crippen LogP contribution in [0.15, 0.2) is 30.9 Å². The Morgan fingerprint density at radius 2 is 2.30 bits per heavy atom. The topological polar surface area (TPSA) is 54.1 Å². The zero-order valence-corrected chi connectivity index (χ0v) is 12.1. The minimum Gasteiger partial charge on any atom is -0.487 e. The summed E-state index contributed by atoms with van der Waals surface area (Å²) in [5.74, 6) is 0.763. The summed E-state index contributed by atoms with van der Waals surface area (Å²) in [7, 11) is 0. The van der Waals surface area contributed by atoms with Gasteiger partial charge in [0.2, 0.25) is 5.91 Å². The first-order valence-electron chi connectivity index (χ1n) is 6.66. The molecule has 2 rings (SSSR count). The Morgan fingerprint density at radius 1 is 1.55 bits per heavy atom. The maximum absolute atomic E-state index is 11.1. The molecule has 1 aromatic heterocycles. The number of aromatic nitrogens is 1. The third kappa shape index (κ3) is 3.02. The SMILES string of the molecule is C=CC(C)Oc1ccc2[nH]c(C)c(CNC(C)=O)c2c1. The Bertz CT molecular complexity index is 643. The van der Waals surface area contributed by atoms with E-state index >= 15 is 0 Å². The number of hydrogen-bond acceptors (Lipinski definition) is 2. The number of amides is 1. The fourth-order valence-corrected chi connectivity index (χ4v) is 2.14. The summed E-state index contributed by atoms with van der Waals surface area (Å²) in [5, 5.41) is 3.91. The molecule has 20 heavy (non-hydrogen) atoms. The predicted octanol–water partition coefficient (Wildman–Crippen LogP) is 3.07. The second kappa shape index (κ2) is 5.82. The Labute approximate surface area is 118 Å². The molecule has 4 nitrogen and oxygen atoms in total. The van der Waals surface area contributed by atoms with Crippen molar-refractivity contribution in [3.8, 4) is 5.75 Å². The molecule has 0 saturated heterocycles. The van der Waals surface area contributed by atoms with Gasteiger partial charge in [0.15, 0.2) is 0 Å². The van der Waals surface area contributed by atoms with Crippen LogP contribution in [0.4, 0.5) is 0 Å². The van der Waals surface area contributed by atoms with Crippen LogP contribution >= 0.6 is 0 Å². The number of carbonyl (C=O) groups excluding carboxylic acids is 1. The maximum atomic E-state index is 11.1. The number of fused-ring (bicyclic) bond motifs is 1. The van der Waals surface area contributed by atoms with Gasteiger partial charge in [0.05, 0.1) is 0 Å². The van der Waals surface area contributed by atoms with Gasteiger partial charge in [-0.05, 0) is 37.6 Å². The smallest absolute Gasteiger partial charge is 0.217 e. The van der Waals surface area contributed by atoms with E-state index in [0.717, 1.165) is 27.9 Å². The summed E-state index contributed by atoms with van der Waals surface area (Å²) in [6.45, 7) is 9.69. The van der Waals surface area contributed by atoms with E-state index in [1.165, 1.54) is 6.92 Å². The van der Waals surface area contributed by atoms with E-state index in [0.29, 0.717) is 6.54 Å². The van der Waals surface area contributed by atoms with Crippen LogP contribution in [0.1, 0.15) is 25.1 Å². The molecule has 106 valence electrons. The van der Waals surface area contributed by atoms with E-state index in [2.05, 4.69) is 16.9 Å². The van der Waals surface area contributed by atoms with E-state index in [4.69, 9.17) is 4.74 Å². The van der Waals surface area contributed by atoms with Crippen molar-refractivity contribution in [1.29, 1.82) is 0 Å². The van der Waals surface area contributed by atoms with Crippen LogP contribution in [-0.4, -0.2) is 17.0 Å². The molecular weight excluding hydrogens is 252 g/mol. The summed E-state index contributed by atoms with van der Waals surface area (Å²) in [6.07, 6.45) is 1.72. The number of carbonyl (C=O) groups is 1. The third-order valence-electron chi connectivity index (χ3n) is 3.26. The van der Waals surface area contributed by atoms with Crippen LogP contribution in [0.5, 0.6) is 5.75 Å². The van der Waals surface area contributed by atoms with E-state index in [1.54, 1.807) is 6.08 Å². The average Bonchev–Trinajstić information content (AvgIpc) is 2.71. The molecule has 0 spiro atoms. The number of aromatic amines is 1. The average molecular weight is 272 g/mol. The first kappa shape index (κ1) is 14.2. The van der Waals surface area contributed by atoms with Gasteiger partial charge < -0.3 is 15.0 Å². The van der Waals surface area contributed by atoms with E-state index in [-0.39, 0.29) is 12.0 Å². The van der Waals surface area contributed by atoms with Gasteiger partial charge in [0.1, 0.15) is 11.9 Å². The standard InChI is InChI=1S/C16H20N2O2/c1-5-10(2)20-13-6-7-16-14(8-13)15(11(3)18-16)9-17-12(4)19/h5-8,10,18H,1,9H2,2-4H3,(H,17,19). The van der Waals surface area contributed by atoms with Crippen molar-refractivity contribution in [1.82, 2.24) is 10.3 Å². The molecule has 2 N–H and O–H groups in total. The molecule has 1 aromatic carbocycles. The van der Waals surface area contributed by atoms with Crippen LogP contribution in [0.2, 0.25) is 0 Å². The highest BCUT2D eigenvalue weighted by Gasteiger charge is 2.10. The number of ether oxygens (including phenoxy) is 1. The van der Waals surface area contributed by atoms with Crippen molar-refractivity contribution in [2.24, 2.45) is 0 Å². The highest BCUT2D eigenvalue weighted by atomic mass is 16.5. The molecule has 0 aliphatic rings. The van der Waals surface area contributed by atoms with Gasteiger partial charge in [-0.2, -0.15) is 0 Å². The predicted molar refractivity (Wildman–Crippen MR) is 80.8 cm³/mol. The molecule has 0 aliphatic carbocycles. The minimum atomic E-state index is -0.0358. The highest BCUT2D eigenvalue weighted by Crippen LogP contribution is 2.27. The largest absolute Gasteiger partial charge is 0.487 e. The number of benzene rings is 1. The summed E-state index contributed by atoms with van der Waals surface area (Å²) in [4.78, 5) is 14.4. The van der Waals surface area contributed by atoms with Crippen molar-refractivity contribution >= 4 is 16.8 Å². The molecule has 0 saturated carbocycles. The Kier molecular flexibility index (Phi) is 4.13. The lowest BCUT2D eigenvalue weighted by Gasteiger charge is -2.10. The first-order valence-corrected chi connectivity index (χ1v) is 6.66. The molecule has 4 heteroatoms. The van der Waals surface area contributed by atoms with Crippen molar-refractivity contribution in [3.63, 3.8) is 0 Å². The summed E-state index contributed by atoms with van der Waals surface area (Å²) >= 11 is 0. The quantitative estimate of drug-likeness (QED) is 0.822. The molecule has 0 fully saturated rings. The number of aryl methyl sites for hydroxylation is 1. The van der Waals surface area contributed by atoms with Crippen molar-refractivity contribution in [2.75, 3.05) is 0 Å². The first-order chi connectivity index (χ1) is 9.51. The Balaban J connectivity index is 2.35. The second-order valence-corrected chi connectivity index (χ2v) is 4.90. The number of H-pyrrole nitrogens is 1.